The van der Waals surface area contributed by atoms with Crippen LogP contribution in [0.2, 0.25) is 5.22 Å². The molecule has 0 spiro atoms. The van der Waals surface area contributed by atoms with Crippen molar-refractivity contribution in [2.24, 2.45) is 0 Å². The molecule has 4 aromatic rings. The Morgan fingerprint density at radius 2 is 2.03 bits per heavy atom. The molecule has 9 nitrogen and oxygen atoms in total. The Kier molecular flexibility index (Phi) is 7.45. The van der Waals surface area contributed by atoms with Gasteiger partial charge in [-0.25, -0.2) is 14.8 Å². The van der Waals surface area contributed by atoms with Crippen LogP contribution in [0.3, 0.4) is 0 Å². The summed E-state index contributed by atoms with van der Waals surface area (Å²) >= 11 is 5.31. The highest BCUT2D eigenvalue weighted by Gasteiger charge is 2.09. The van der Waals surface area contributed by atoms with E-state index in [1.807, 2.05) is 37.5 Å². The van der Waals surface area contributed by atoms with Gasteiger partial charge >= 0.3 is 6.09 Å². The zero-order chi connectivity index (χ0) is 23.1. The number of halogens is 1. The average Bonchev–Trinajstić information content (AvgIpc) is 3.39. The smallest absolute Gasteiger partial charge is 0.411 e. The first kappa shape index (κ1) is 22.8. The number of hydrogen-bond donors (Lipinski definition) is 2. The van der Waals surface area contributed by atoms with Gasteiger partial charge < -0.3 is 14.5 Å². The van der Waals surface area contributed by atoms with Crippen molar-refractivity contribution in [3.8, 4) is 11.3 Å². The molecule has 0 bridgehead atoms. The van der Waals surface area contributed by atoms with Crippen molar-refractivity contribution in [1.29, 1.82) is 0 Å². The first-order chi connectivity index (χ1) is 15.4. The number of amides is 1. The van der Waals surface area contributed by atoms with Crippen LogP contribution in [-0.2, 0) is 4.74 Å². The van der Waals surface area contributed by atoms with Gasteiger partial charge in [0.25, 0.3) is 0 Å². The van der Waals surface area contributed by atoms with Crippen LogP contribution in [0.25, 0.3) is 17.0 Å². The summed E-state index contributed by atoms with van der Waals surface area (Å²) in [6.45, 7) is 3.59. The van der Waals surface area contributed by atoms with Crippen molar-refractivity contribution in [2.45, 2.75) is 20.0 Å². The average molecular weight is 456 g/mol. The third-order valence-corrected chi connectivity index (χ3v) is 4.26. The lowest BCUT2D eigenvalue weighted by atomic mass is 10.1. The Bertz CT molecular complexity index is 1220. The molecule has 3 heterocycles. The topological polar surface area (TPSA) is 111 Å². The number of benzene rings is 1. The molecule has 32 heavy (non-hydrogen) atoms. The molecule has 0 atom stereocenters. The van der Waals surface area contributed by atoms with Crippen LogP contribution in [0.15, 0.2) is 59.4 Å². The largest absolute Gasteiger partial charge is 0.447 e. The molecule has 1 amide bonds. The molecule has 4 rings (SSSR count). The van der Waals surface area contributed by atoms with Gasteiger partial charge in [0.05, 0.1) is 23.7 Å². The summed E-state index contributed by atoms with van der Waals surface area (Å²) in [6, 6.07) is 11.0. The van der Waals surface area contributed by atoms with Gasteiger partial charge in [-0.05, 0) is 49.7 Å². The molecule has 0 radical (unpaired) electrons. The fourth-order valence-corrected chi connectivity index (χ4v) is 2.83. The van der Waals surface area contributed by atoms with Crippen LogP contribution in [0.5, 0.6) is 0 Å². The number of carbonyl (C=O) groups excluding carboxylic acids is 2. The van der Waals surface area contributed by atoms with E-state index >= 15 is 0 Å². The number of imidazole rings is 1. The van der Waals surface area contributed by atoms with Crippen LogP contribution in [0.1, 0.15) is 24.4 Å². The molecule has 1 aromatic carbocycles. The summed E-state index contributed by atoms with van der Waals surface area (Å²) in [5.74, 6) is 0.817. The first-order valence-electron chi connectivity index (χ1n) is 9.69. The molecule has 2 N–H and O–H groups in total. The highest BCUT2D eigenvalue weighted by atomic mass is 35.5. The first-order valence-corrected chi connectivity index (χ1v) is 10.1. The van der Waals surface area contributed by atoms with E-state index in [0.717, 1.165) is 16.9 Å². The summed E-state index contributed by atoms with van der Waals surface area (Å²) in [6.07, 6.45) is 5.09. The van der Waals surface area contributed by atoms with Crippen molar-refractivity contribution in [3.05, 3.63) is 66.0 Å². The van der Waals surface area contributed by atoms with E-state index in [0.29, 0.717) is 17.8 Å². The molecule has 0 aliphatic heterocycles. The monoisotopic (exact) mass is 455 g/mol. The second kappa shape index (κ2) is 10.5. The number of aromatic nitrogens is 3. The van der Waals surface area contributed by atoms with Crippen molar-refractivity contribution in [3.63, 3.8) is 0 Å². The maximum absolute atomic E-state index is 11.7. The number of furan rings is 1. The van der Waals surface area contributed by atoms with E-state index in [-0.39, 0.29) is 17.1 Å². The van der Waals surface area contributed by atoms with E-state index in [2.05, 4.69) is 25.0 Å². The number of aldehydes is 1. The lowest BCUT2D eigenvalue weighted by Crippen LogP contribution is -2.18. The molecular formula is C22H22ClN5O4. The molecule has 0 saturated heterocycles. The second-order valence-corrected chi connectivity index (χ2v) is 7.22. The van der Waals surface area contributed by atoms with Gasteiger partial charge in [-0.15, -0.1) is 0 Å². The molecule has 0 fully saturated rings. The van der Waals surface area contributed by atoms with Gasteiger partial charge in [0.2, 0.25) is 5.78 Å². The van der Waals surface area contributed by atoms with Crippen molar-refractivity contribution < 1.29 is 18.7 Å². The maximum Gasteiger partial charge on any atom is 0.411 e. The third-order valence-electron chi connectivity index (χ3n) is 4.06. The number of carbonyl (C=O) groups is 2. The summed E-state index contributed by atoms with van der Waals surface area (Å²) in [5, 5.41) is 6.00. The third kappa shape index (κ3) is 6.08. The molecule has 10 heteroatoms. The number of anilines is 2. The van der Waals surface area contributed by atoms with Crippen LogP contribution in [-0.4, -0.2) is 39.9 Å². The quantitative estimate of drug-likeness (QED) is 0.401. The number of hydrogen-bond acceptors (Lipinski definition) is 7. The van der Waals surface area contributed by atoms with Gasteiger partial charge in [-0.1, -0.05) is 12.1 Å². The Hall–Kier alpha value is -3.85. The number of fused-ring (bicyclic) bond motifs is 1. The van der Waals surface area contributed by atoms with Crippen LogP contribution < -0.4 is 10.6 Å². The Labute approximate surface area is 189 Å². The SMILES string of the molecule is CNc1cccc(-c2cn3cc(NC(=O)OC(C)C)cnc3n2)c1.O=Cc1ccc(Cl)o1. The standard InChI is InChI=1S/C17H19N5O2.C5H3ClO2/c1-11(2)24-17(23)20-14-8-19-16-21-15(10-22(16)9-14)12-5-4-6-13(7-12)18-3;6-5-2-1-4(3-7)8-5/h4-11,18H,1-3H3,(H,20,23);1-3H. The highest BCUT2D eigenvalue weighted by molar-refractivity contribution is 6.28. The lowest BCUT2D eigenvalue weighted by molar-refractivity contribution is 0.110. The summed E-state index contributed by atoms with van der Waals surface area (Å²) in [4.78, 5) is 30.3. The minimum Gasteiger partial charge on any atom is -0.447 e. The zero-order valence-electron chi connectivity index (χ0n) is 17.7. The van der Waals surface area contributed by atoms with Gasteiger partial charge in [-0.3, -0.25) is 14.5 Å². The van der Waals surface area contributed by atoms with Crippen molar-refractivity contribution >= 4 is 41.1 Å². The van der Waals surface area contributed by atoms with E-state index in [4.69, 9.17) is 16.3 Å². The van der Waals surface area contributed by atoms with Crippen molar-refractivity contribution in [1.82, 2.24) is 14.4 Å². The van der Waals surface area contributed by atoms with Gasteiger partial charge in [-0.2, -0.15) is 0 Å². The molecule has 0 aliphatic rings. The van der Waals surface area contributed by atoms with Gasteiger partial charge in [0, 0.05) is 30.7 Å². The normalized spacial score (nSPS) is 10.4. The maximum atomic E-state index is 11.7. The second-order valence-electron chi connectivity index (χ2n) is 6.85. The van der Waals surface area contributed by atoms with E-state index in [1.54, 1.807) is 30.6 Å². The number of nitrogens with zero attached hydrogens (tertiary/aromatic N) is 3. The van der Waals surface area contributed by atoms with E-state index in [9.17, 15) is 9.59 Å². The Balaban J connectivity index is 0.000000305. The predicted octanol–water partition coefficient (Wildman–Crippen LogP) is 5.14. The van der Waals surface area contributed by atoms with Crippen LogP contribution in [0, 0.1) is 0 Å². The zero-order valence-corrected chi connectivity index (χ0v) is 18.5. The van der Waals surface area contributed by atoms with Crippen LogP contribution >= 0.6 is 11.6 Å². The van der Waals surface area contributed by atoms with Crippen molar-refractivity contribution in [2.75, 3.05) is 17.7 Å². The summed E-state index contributed by atoms with van der Waals surface area (Å²) < 4.78 is 11.5. The lowest BCUT2D eigenvalue weighted by Gasteiger charge is -2.09. The molecule has 0 saturated carbocycles. The fraction of sp³-hybridized carbons (Fsp3) is 0.182. The number of rotatable bonds is 5. The minimum absolute atomic E-state index is 0.180. The van der Waals surface area contributed by atoms with Gasteiger partial charge in [0.1, 0.15) is 0 Å². The summed E-state index contributed by atoms with van der Waals surface area (Å²) in [7, 11) is 1.87. The summed E-state index contributed by atoms with van der Waals surface area (Å²) in [5.41, 5.74) is 3.35. The molecule has 3 aromatic heterocycles. The molecular weight excluding hydrogens is 434 g/mol. The Morgan fingerprint density at radius 1 is 1.22 bits per heavy atom. The number of ether oxygens (including phenoxy) is 1. The minimum atomic E-state index is -0.506. The molecule has 0 unspecified atom stereocenters. The predicted molar refractivity (Wildman–Crippen MR) is 122 cm³/mol. The van der Waals surface area contributed by atoms with Gasteiger partial charge in [0.15, 0.2) is 17.3 Å². The van der Waals surface area contributed by atoms with Crippen LogP contribution in [0.4, 0.5) is 16.2 Å². The number of nitrogens with one attached hydrogen (secondary N) is 2. The Morgan fingerprint density at radius 3 is 2.66 bits per heavy atom. The highest BCUT2D eigenvalue weighted by Crippen LogP contribution is 2.22. The van der Waals surface area contributed by atoms with E-state index in [1.165, 1.54) is 12.1 Å². The molecule has 166 valence electrons. The van der Waals surface area contributed by atoms with E-state index < -0.39 is 6.09 Å². The molecule has 0 aliphatic carbocycles. The fourth-order valence-electron chi connectivity index (χ4n) is 2.68.